The lowest BCUT2D eigenvalue weighted by Gasteiger charge is -2.08. The maximum atomic E-state index is 11.3. The molecule has 0 radical (unpaired) electrons. The molecule has 16 heavy (non-hydrogen) atoms. The Kier molecular flexibility index (Phi) is 5.53. The summed E-state index contributed by atoms with van der Waals surface area (Å²) in [7, 11) is 0. The highest BCUT2D eigenvalue weighted by atomic mass is 16.5. The van der Waals surface area contributed by atoms with Crippen molar-refractivity contribution in [2.24, 2.45) is 11.5 Å². The standard InChI is InChI=1S/C12H18N2O2/c13-8-11(14)6-7-12(15)16-9-10-4-2-1-3-5-10/h1-5,11H,6-9,13-14H2. The SMILES string of the molecule is NCC(N)CCC(=O)OCc1ccccc1. The molecule has 1 aromatic carbocycles. The third kappa shape index (κ3) is 4.91. The summed E-state index contributed by atoms with van der Waals surface area (Å²) < 4.78 is 5.09. The lowest BCUT2D eigenvalue weighted by Crippen LogP contribution is -2.30. The average Bonchev–Trinajstić information content (AvgIpc) is 2.34. The number of benzene rings is 1. The number of rotatable bonds is 6. The van der Waals surface area contributed by atoms with Crippen LogP contribution in [-0.2, 0) is 16.1 Å². The molecular formula is C12H18N2O2. The third-order valence-electron chi connectivity index (χ3n) is 2.26. The molecule has 4 N–H and O–H groups in total. The van der Waals surface area contributed by atoms with Gasteiger partial charge in [-0.25, -0.2) is 0 Å². The van der Waals surface area contributed by atoms with Gasteiger partial charge in [0.05, 0.1) is 0 Å². The van der Waals surface area contributed by atoms with Crippen molar-refractivity contribution in [2.45, 2.75) is 25.5 Å². The minimum Gasteiger partial charge on any atom is -0.461 e. The molecule has 1 aromatic rings. The van der Waals surface area contributed by atoms with Gasteiger partial charge in [0.1, 0.15) is 6.61 Å². The highest BCUT2D eigenvalue weighted by Crippen LogP contribution is 2.03. The van der Waals surface area contributed by atoms with E-state index in [4.69, 9.17) is 16.2 Å². The molecule has 0 saturated carbocycles. The Morgan fingerprint density at radius 1 is 1.31 bits per heavy atom. The van der Waals surface area contributed by atoms with Crippen molar-refractivity contribution in [1.29, 1.82) is 0 Å². The summed E-state index contributed by atoms with van der Waals surface area (Å²) in [5.41, 5.74) is 11.9. The molecular weight excluding hydrogens is 204 g/mol. The molecule has 4 heteroatoms. The first-order valence-electron chi connectivity index (χ1n) is 5.37. The van der Waals surface area contributed by atoms with Crippen molar-refractivity contribution in [3.63, 3.8) is 0 Å². The van der Waals surface area contributed by atoms with E-state index in [-0.39, 0.29) is 12.0 Å². The van der Waals surface area contributed by atoms with Crippen molar-refractivity contribution >= 4 is 5.97 Å². The minimum atomic E-state index is -0.229. The summed E-state index contributed by atoms with van der Waals surface area (Å²) in [5.74, 6) is -0.229. The third-order valence-corrected chi connectivity index (χ3v) is 2.26. The molecule has 0 aromatic heterocycles. The first-order chi connectivity index (χ1) is 7.72. The Balaban J connectivity index is 2.20. The van der Waals surface area contributed by atoms with Gasteiger partial charge in [-0.15, -0.1) is 0 Å². The van der Waals surface area contributed by atoms with Gasteiger partial charge < -0.3 is 16.2 Å². The molecule has 0 saturated heterocycles. The largest absolute Gasteiger partial charge is 0.461 e. The van der Waals surface area contributed by atoms with Crippen molar-refractivity contribution < 1.29 is 9.53 Å². The van der Waals surface area contributed by atoms with E-state index < -0.39 is 0 Å². The second-order valence-corrected chi connectivity index (χ2v) is 3.68. The summed E-state index contributed by atoms with van der Waals surface area (Å²) in [4.78, 5) is 11.3. The zero-order chi connectivity index (χ0) is 11.8. The molecule has 1 atom stereocenters. The fourth-order valence-electron chi connectivity index (χ4n) is 1.23. The molecule has 0 aliphatic rings. The molecule has 0 aliphatic carbocycles. The second-order valence-electron chi connectivity index (χ2n) is 3.68. The van der Waals surface area contributed by atoms with Gasteiger partial charge in [-0.2, -0.15) is 0 Å². The van der Waals surface area contributed by atoms with E-state index in [1.54, 1.807) is 0 Å². The van der Waals surface area contributed by atoms with Crippen LogP contribution in [0.3, 0.4) is 0 Å². The number of esters is 1. The molecule has 1 unspecified atom stereocenters. The van der Waals surface area contributed by atoms with Crippen molar-refractivity contribution in [1.82, 2.24) is 0 Å². The van der Waals surface area contributed by atoms with Gasteiger partial charge in [-0.3, -0.25) is 4.79 Å². The van der Waals surface area contributed by atoms with Gasteiger partial charge in [-0.1, -0.05) is 30.3 Å². The highest BCUT2D eigenvalue weighted by molar-refractivity contribution is 5.69. The van der Waals surface area contributed by atoms with Crippen molar-refractivity contribution in [3.05, 3.63) is 35.9 Å². The van der Waals surface area contributed by atoms with Crippen LogP contribution in [0.2, 0.25) is 0 Å². The summed E-state index contributed by atoms with van der Waals surface area (Å²) in [6.07, 6.45) is 0.898. The van der Waals surface area contributed by atoms with Crippen LogP contribution in [0, 0.1) is 0 Å². The van der Waals surface area contributed by atoms with Crippen LogP contribution in [0.5, 0.6) is 0 Å². The Bertz CT molecular complexity index is 314. The van der Waals surface area contributed by atoms with E-state index >= 15 is 0 Å². The van der Waals surface area contributed by atoms with Gasteiger partial charge in [0.25, 0.3) is 0 Å². The lowest BCUT2D eigenvalue weighted by atomic mass is 10.2. The number of carbonyl (C=O) groups excluding carboxylic acids is 1. The summed E-state index contributed by atoms with van der Waals surface area (Å²) in [6, 6.07) is 9.45. The van der Waals surface area contributed by atoms with Crippen LogP contribution in [0.25, 0.3) is 0 Å². The molecule has 0 bridgehead atoms. The summed E-state index contributed by atoms with van der Waals surface area (Å²) in [6.45, 7) is 0.712. The van der Waals surface area contributed by atoms with Crippen LogP contribution in [0.4, 0.5) is 0 Å². The predicted molar refractivity (Wildman–Crippen MR) is 62.5 cm³/mol. The molecule has 0 spiro atoms. The van der Waals surface area contributed by atoms with Crippen LogP contribution < -0.4 is 11.5 Å². The van der Waals surface area contributed by atoms with E-state index in [2.05, 4.69) is 0 Å². The van der Waals surface area contributed by atoms with E-state index in [0.717, 1.165) is 5.56 Å². The molecule has 0 amide bonds. The number of nitrogens with two attached hydrogens (primary N) is 2. The molecule has 0 aliphatic heterocycles. The molecule has 4 nitrogen and oxygen atoms in total. The Labute approximate surface area is 95.6 Å². The van der Waals surface area contributed by atoms with Crippen LogP contribution in [0.1, 0.15) is 18.4 Å². The number of carbonyl (C=O) groups is 1. The topological polar surface area (TPSA) is 78.3 Å². The predicted octanol–water partition coefficient (Wildman–Crippen LogP) is 0.796. The van der Waals surface area contributed by atoms with Crippen molar-refractivity contribution in [2.75, 3.05) is 6.54 Å². The Hall–Kier alpha value is -1.39. The van der Waals surface area contributed by atoms with Gasteiger partial charge in [0.15, 0.2) is 0 Å². The monoisotopic (exact) mass is 222 g/mol. The summed E-state index contributed by atoms with van der Waals surface area (Å²) >= 11 is 0. The molecule has 0 heterocycles. The van der Waals surface area contributed by atoms with Gasteiger partial charge in [0, 0.05) is 19.0 Å². The maximum absolute atomic E-state index is 11.3. The van der Waals surface area contributed by atoms with Gasteiger partial charge in [-0.05, 0) is 12.0 Å². The van der Waals surface area contributed by atoms with Gasteiger partial charge >= 0.3 is 5.97 Å². The first kappa shape index (κ1) is 12.7. The zero-order valence-corrected chi connectivity index (χ0v) is 9.26. The van der Waals surface area contributed by atoms with Gasteiger partial charge in [0.2, 0.25) is 0 Å². The molecule has 88 valence electrons. The quantitative estimate of drug-likeness (QED) is 0.698. The fourth-order valence-corrected chi connectivity index (χ4v) is 1.23. The fraction of sp³-hybridized carbons (Fsp3) is 0.417. The lowest BCUT2D eigenvalue weighted by molar-refractivity contribution is -0.145. The van der Waals surface area contributed by atoms with Crippen LogP contribution in [-0.4, -0.2) is 18.6 Å². The normalized spacial score (nSPS) is 12.1. The van der Waals surface area contributed by atoms with E-state index in [9.17, 15) is 4.79 Å². The maximum Gasteiger partial charge on any atom is 0.306 e. The minimum absolute atomic E-state index is 0.121. The second kappa shape index (κ2) is 6.98. The highest BCUT2D eigenvalue weighted by Gasteiger charge is 2.06. The zero-order valence-electron chi connectivity index (χ0n) is 9.26. The molecule has 0 fully saturated rings. The Morgan fingerprint density at radius 2 is 2.00 bits per heavy atom. The number of ether oxygens (including phenoxy) is 1. The van der Waals surface area contributed by atoms with E-state index in [1.165, 1.54) is 0 Å². The van der Waals surface area contributed by atoms with Crippen molar-refractivity contribution in [3.8, 4) is 0 Å². The number of hydrogen-bond acceptors (Lipinski definition) is 4. The van der Waals surface area contributed by atoms with E-state index in [0.29, 0.717) is 26.0 Å². The number of hydrogen-bond donors (Lipinski definition) is 2. The molecule has 1 rings (SSSR count). The average molecular weight is 222 g/mol. The van der Waals surface area contributed by atoms with Crippen LogP contribution in [0.15, 0.2) is 30.3 Å². The summed E-state index contributed by atoms with van der Waals surface area (Å²) in [5, 5.41) is 0. The van der Waals surface area contributed by atoms with Crippen LogP contribution >= 0.6 is 0 Å². The Morgan fingerprint density at radius 3 is 2.62 bits per heavy atom. The van der Waals surface area contributed by atoms with E-state index in [1.807, 2.05) is 30.3 Å². The smallest absolute Gasteiger partial charge is 0.306 e. The first-order valence-corrected chi connectivity index (χ1v) is 5.37.